The second-order valence-corrected chi connectivity index (χ2v) is 5.39. The highest BCUT2D eigenvalue weighted by atomic mass is 19.4. The maximum absolute atomic E-state index is 12.5. The number of carboxylic acid groups (broad SMARTS) is 2. The number of nitrogens with one attached hydrogen (secondary N) is 1. The van der Waals surface area contributed by atoms with Gasteiger partial charge in [-0.2, -0.15) is 13.2 Å². The van der Waals surface area contributed by atoms with Crippen molar-refractivity contribution < 1.29 is 33.0 Å². The molecule has 1 fully saturated rings. The minimum absolute atomic E-state index is 0.0257. The highest BCUT2D eigenvalue weighted by Gasteiger charge is 2.46. The van der Waals surface area contributed by atoms with Crippen LogP contribution in [0.25, 0.3) is 0 Å². The highest BCUT2D eigenvalue weighted by Crippen LogP contribution is 2.29. The van der Waals surface area contributed by atoms with Crippen LogP contribution >= 0.6 is 0 Å². The number of hydrogen-bond donors (Lipinski definition) is 3. The van der Waals surface area contributed by atoms with Gasteiger partial charge in [-0.15, -0.1) is 0 Å². The molecular formula is C14H15F3N2O4. The molecule has 0 aromatic heterocycles. The Morgan fingerprint density at radius 2 is 1.83 bits per heavy atom. The summed E-state index contributed by atoms with van der Waals surface area (Å²) in [6, 6.07) is 4.36. The quantitative estimate of drug-likeness (QED) is 0.785. The molecule has 0 spiro atoms. The predicted octanol–water partition coefficient (Wildman–Crippen LogP) is 2.00. The molecule has 0 saturated carbocycles. The van der Waals surface area contributed by atoms with Crippen molar-refractivity contribution in [2.45, 2.75) is 24.7 Å². The second-order valence-electron chi connectivity index (χ2n) is 5.39. The number of nitrogens with zero attached hydrogens (tertiary/aromatic N) is 1. The maximum Gasteiger partial charge on any atom is 0.416 e. The van der Waals surface area contributed by atoms with Crippen LogP contribution in [0.5, 0.6) is 0 Å². The van der Waals surface area contributed by atoms with E-state index in [1.165, 1.54) is 12.1 Å². The van der Waals surface area contributed by atoms with Gasteiger partial charge in [0.25, 0.3) is 0 Å². The third-order valence-electron chi connectivity index (χ3n) is 3.86. The molecule has 1 aliphatic heterocycles. The molecule has 1 aromatic rings. The van der Waals surface area contributed by atoms with Crippen LogP contribution in [0.2, 0.25) is 0 Å². The molecule has 1 amide bonds. The Bertz CT molecular complexity index is 603. The van der Waals surface area contributed by atoms with Gasteiger partial charge >= 0.3 is 18.2 Å². The smallest absolute Gasteiger partial charge is 0.416 e. The van der Waals surface area contributed by atoms with Gasteiger partial charge in [0.2, 0.25) is 0 Å². The molecule has 1 atom stereocenters. The van der Waals surface area contributed by atoms with E-state index in [4.69, 9.17) is 5.11 Å². The summed E-state index contributed by atoms with van der Waals surface area (Å²) in [6.45, 7) is -0.0994. The van der Waals surface area contributed by atoms with E-state index in [0.29, 0.717) is 5.56 Å². The van der Waals surface area contributed by atoms with Crippen LogP contribution in [0.15, 0.2) is 24.3 Å². The van der Waals surface area contributed by atoms with Crippen molar-refractivity contribution in [3.63, 3.8) is 0 Å². The average molecular weight is 332 g/mol. The van der Waals surface area contributed by atoms with Crippen molar-refractivity contribution in [1.29, 1.82) is 0 Å². The lowest BCUT2D eigenvalue weighted by Crippen LogP contribution is -2.54. The summed E-state index contributed by atoms with van der Waals surface area (Å²) in [5.41, 5.74) is -1.74. The largest absolute Gasteiger partial charge is 0.480 e. The molecule has 1 unspecified atom stereocenters. The fourth-order valence-electron chi connectivity index (χ4n) is 2.45. The van der Waals surface area contributed by atoms with Gasteiger partial charge in [-0.3, -0.25) is 10.1 Å². The number of benzene rings is 1. The normalized spacial score (nSPS) is 21.4. The molecule has 0 radical (unpaired) electrons. The second kappa shape index (κ2) is 6.07. The monoisotopic (exact) mass is 332 g/mol. The molecule has 9 heteroatoms. The lowest BCUT2D eigenvalue weighted by atomic mass is 9.98. The molecule has 1 saturated heterocycles. The number of carbonyl (C=O) groups is 2. The van der Waals surface area contributed by atoms with Gasteiger partial charge in [-0.1, -0.05) is 12.1 Å². The van der Waals surface area contributed by atoms with E-state index in [1.807, 2.05) is 0 Å². The van der Waals surface area contributed by atoms with Crippen LogP contribution in [0.4, 0.5) is 18.0 Å². The van der Waals surface area contributed by atoms with E-state index in [2.05, 4.69) is 5.32 Å². The van der Waals surface area contributed by atoms with Crippen molar-refractivity contribution in [3.05, 3.63) is 35.4 Å². The number of alkyl halides is 3. The molecular weight excluding hydrogens is 317 g/mol. The van der Waals surface area contributed by atoms with Gasteiger partial charge in [-0.25, -0.2) is 4.79 Å². The van der Waals surface area contributed by atoms with Gasteiger partial charge in [-0.05, 0) is 24.1 Å². The van der Waals surface area contributed by atoms with Crippen LogP contribution in [0.3, 0.4) is 0 Å². The first-order valence-corrected chi connectivity index (χ1v) is 6.76. The zero-order valence-electron chi connectivity index (χ0n) is 11.9. The van der Waals surface area contributed by atoms with E-state index in [-0.39, 0.29) is 26.1 Å². The molecule has 1 heterocycles. The van der Waals surface area contributed by atoms with Crippen molar-refractivity contribution in [2.75, 3.05) is 13.1 Å². The summed E-state index contributed by atoms with van der Waals surface area (Å²) in [7, 11) is 0. The summed E-state index contributed by atoms with van der Waals surface area (Å²) in [5.74, 6) is -1.19. The van der Waals surface area contributed by atoms with Crippen molar-refractivity contribution >= 4 is 12.1 Å². The summed E-state index contributed by atoms with van der Waals surface area (Å²) in [5, 5.41) is 21.0. The minimum atomic E-state index is -4.43. The zero-order chi connectivity index (χ0) is 17.3. The average Bonchev–Trinajstić information content (AvgIpc) is 2.91. The molecule has 126 valence electrons. The maximum atomic E-state index is 12.5. The van der Waals surface area contributed by atoms with E-state index in [9.17, 15) is 27.9 Å². The Labute approximate surface area is 129 Å². The van der Waals surface area contributed by atoms with E-state index >= 15 is 0 Å². The summed E-state index contributed by atoms with van der Waals surface area (Å²) < 4.78 is 37.4. The fraction of sp³-hybridized carbons (Fsp3) is 0.429. The molecule has 1 aliphatic rings. The third-order valence-corrected chi connectivity index (χ3v) is 3.86. The van der Waals surface area contributed by atoms with Gasteiger partial charge in [0.05, 0.1) is 12.1 Å². The Morgan fingerprint density at radius 3 is 2.26 bits per heavy atom. The van der Waals surface area contributed by atoms with E-state index in [1.54, 1.807) is 0 Å². The number of carboxylic acids is 1. The molecule has 0 bridgehead atoms. The molecule has 3 N–H and O–H groups in total. The zero-order valence-corrected chi connectivity index (χ0v) is 11.9. The van der Waals surface area contributed by atoms with Crippen molar-refractivity contribution in [1.82, 2.24) is 10.2 Å². The van der Waals surface area contributed by atoms with E-state index in [0.717, 1.165) is 17.0 Å². The number of hydrogen-bond acceptors (Lipinski definition) is 3. The number of amides is 1. The SMILES string of the molecule is O=C(O)N1CCC(NCc2ccc(C(F)(F)F)cc2)(C(=O)O)C1. The van der Waals surface area contributed by atoms with Gasteiger partial charge < -0.3 is 15.1 Å². The fourth-order valence-corrected chi connectivity index (χ4v) is 2.45. The number of rotatable bonds is 4. The first kappa shape index (κ1) is 17.1. The molecule has 6 nitrogen and oxygen atoms in total. The molecule has 2 rings (SSSR count). The number of aliphatic carboxylic acids is 1. The van der Waals surface area contributed by atoms with Crippen LogP contribution in [0.1, 0.15) is 17.5 Å². The molecule has 23 heavy (non-hydrogen) atoms. The van der Waals surface area contributed by atoms with Crippen LogP contribution in [-0.2, 0) is 17.5 Å². The van der Waals surface area contributed by atoms with Gasteiger partial charge in [0.1, 0.15) is 5.54 Å². The summed E-state index contributed by atoms with van der Waals surface area (Å²) >= 11 is 0. The number of halogens is 3. The summed E-state index contributed by atoms with van der Waals surface area (Å²) in [6.07, 6.45) is -5.54. The van der Waals surface area contributed by atoms with Crippen molar-refractivity contribution in [3.8, 4) is 0 Å². The third kappa shape index (κ3) is 3.73. The standard InChI is InChI=1S/C14H15F3N2O4/c15-14(16,17)10-3-1-9(2-4-10)7-18-13(11(20)21)5-6-19(8-13)12(22)23/h1-4,18H,5-8H2,(H,20,21)(H,22,23). The Hall–Kier alpha value is -2.29. The highest BCUT2D eigenvalue weighted by molar-refractivity contribution is 5.81. The number of likely N-dealkylation sites (tertiary alicyclic amines) is 1. The Morgan fingerprint density at radius 1 is 1.22 bits per heavy atom. The summed E-state index contributed by atoms with van der Waals surface area (Å²) in [4.78, 5) is 23.4. The Kier molecular flexibility index (Phi) is 4.51. The van der Waals surface area contributed by atoms with E-state index < -0.39 is 29.3 Å². The first-order valence-electron chi connectivity index (χ1n) is 6.76. The van der Waals surface area contributed by atoms with Crippen molar-refractivity contribution in [2.24, 2.45) is 0 Å². The lowest BCUT2D eigenvalue weighted by Gasteiger charge is -2.25. The lowest BCUT2D eigenvalue weighted by molar-refractivity contribution is -0.144. The predicted molar refractivity (Wildman–Crippen MR) is 72.9 cm³/mol. The minimum Gasteiger partial charge on any atom is -0.480 e. The van der Waals surface area contributed by atoms with Gasteiger partial charge in [0.15, 0.2) is 0 Å². The topological polar surface area (TPSA) is 89.9 Å². The first-order chi connectivity index (χ1) is 10.6. The van der Waals surface area contributed by atoms with Crippen LogP contribution in [0, 0.1) is 0 Å². The Balaban J connectivity index is 2.06. The molecule has 0 aliphatic carbocycles. The van der Waals surface area contributed by atoms with Crippen LogP contribution in [-0.4, -0.2) is 45.8 Å². The molecule has 1 aromatic carbocycles. The van der Waals surface area contributed by atoms with Crippen LogP contribution < -0.4 is 5.32 Å². The van der Waals surface area contributed by atoms with Gasteiger partial charge in [0, 0.05) is 13.1 Å².